The standard InChI is InChI=1S/C24H46N6OS/c1-3-4-5-6-7-8-9-10-11-12-13-14-15-16-17-29-18-20-30(21-19-29)24(31)27-26-23-25-22(2)28-32-23/h3-21H2,1-2H3,(H,27,31)(H,25,26,28). The molecule has 0 saturated carbocycles. The van der Waals surface area contributed by atoms with E-state index in [0.717, 1.165) is 32.7 Å². The van der Waals surface area contributed by atoms with Gasteiger partial charge in [0.15, 0.2) is 0 Å². The van der Waals surface area contributed by atoms with E-state index in [2.05, 4.69) is 32.0 Å². The number of hydrazine groups is 1. The number of amides is 2. The summed E-state index contributed by atoms with van der Waals surface area (Å²) < 4.78 is 4.09. The van der Waals surface area contributed by atoms with Crippen LogP contribution in [-0.4, -0.2) is 57.9 Å². The Labute approximate surface area is 199 Å². The second kappa shape index (κ2) is 17.1. The van der Waals surface area contributed by atoms with Crippen molar-refractivity contribution in [2.24, 2.45) is 0 Å². The molecule has 1 aromatic rings. The van der Waals surface area contributed by atoms with Gasteiger partial charge in [-0.25, -0.2) is 15.2 Å². The smallest absolute Gasteiger partial charge is 0.321 e. The molecule has 2 rings (SSSR count). The molecule has 0 spiro atoms. The summed E-state index contributed by atoms with van der Waals surface area (Å²) in [6, 6.07) is -0.0889. The highest BCUT2D eigenvalue weighted by molar-refractivity contribution is 7.09. The minimum atomic E-state index is -0.0889. The molecule has 1 fully saturated rings. The Hall–Kier alpha value is -1.41. The highest BCUT2D eigenvalue weighted by Crippen LogP contribution is 2.13. The topological polar surface area (TPSA) is 73.4 Å². The van der Waals surface area contributed by atoms with Crippen LogP contribution in [0.5, 0.6) is 0 Å². The number of aromatic nitrogens is 2. The Morgan fingerprint density at radius 1 is 0.844 bits per heavy atom. The average molecular weight is 467 g/mol. The van der Waals surface area contributed by atoms with Crippen molar-refractivity contribution in [2.75, 3.05) is 38.1 Å². The van der Waals surface area contributed by atoms with E-state index in [4.69, 9.17) is 0 Å². The first kappa shape index (κ1) is 26.8. The molecule has 0 aromatic carbocycles. The number of unbranched alkanes of at least 4 members (excludes halogenated alkanes) is 13. The maximum Gasteiger partial charge on any atom is 0.336 e. The molecule has 184 valence electrons. The first-order valence-electron chi connectivity index (χ1n) is 13.0. The number of nitrogens with one attached hydrogen (secondary N) is 2. The molecule has 1 saturated heterocycles. The first-order chi connectivity index (χ1) is 15.7. The Kier molecular flexibility index (Phi) is 14.4. The predicted octanol–water partition coefficient (Wildman–Crippen LogP) is 5.98. The molecule has 0 atom stereocenters. The van der Waals surface area contributed by atoms with E-state index < -0.39 is 0 Å². The molecule has 2 heterocycles. The van der Waals surface area contributed by atoms with Crippen LogP contribution in [-0.2, 0) is 0 Å². The summed E-state index contributed by atoms with van der Waals surface area (Å²) in [5, 5.41) is 0.618. The Morgan fingerprint density at radius 2 is 1.38 bits per heavy atom. The number of urea groups is 1. The van der Waals surface area contributed by atoms with Crippen molar-refractivity contribution in [1.82, 2.24) is 24.6 Å². The van der Waals surface area contributed by atoms with Gasteiger partial charge in [0, 0.05) is 37.7 Å². The number of hydrogen-bond donors (Lipinski definition) is 2. The highest BCUT2D eigenvalue weighted by Gasteiger charge is 2.20. The van der Waals surface area contributed by atoms with Crippen LogP contribution in [0, 0.1) is 6.92 Å². The molecule has 1 aromatic heterocycles. The van der Waals surface area contributed by atoms with Gasteiger partial charge in [-0.1, -0.05) is 90.4 Å². The largest absolute Gasteiger partial charge is 0.336 e. The maximum absolute atomic E-state index is 12.3. The lowest BCUT2D eigenvalue weighted by Gasteiger charge is -2.34. The van der Waals surface area contributed by atoms with Gasteiger partial charge in [-0.3, -0.25) is 10.3 Å². The minimum absolute atomic E-state index is 0.0889. The van der Waals surface area contributed by atoms with Crippen LogP contribution in [0.15, 0.2) is 0 Å². The Morgan fingerprint density at radius 3 is 1.88 bits per heavy atom. The van der Waals surface area contributed by atoms with Crippen molar-refractivity contribution in [2.45, 2.75) is 104 Å². The second-order valence-corrected chi connectivity index (χ2v) is 9.88. The molecule has 2 amide bonds. The molecule has 7 nitrogen and oxygen atoms in total. The van der Waals surface area contributed by atoms with Gasteiger partial charge in [-0.15, -0.1) is 0 Å². The maximum atomic E-state index is 12.3. The van der Waals surface area contributed by atoms with E-state index in [0.29, 0.717) is 11.0 Å². The van der Waals surface area contributed by atoms with Gasteiger partial charge >= 0.3 is 6.03 Å². The van der Waals surface area contributed by atoms with Gasteiger partial charge < -0.3 is 4.90 Å². The molecule has 32 heavy (non-hydrogen) atoms. The summed E-state index contributed by atoms with van der Waals surface area (Å²) in [6.45, 7) is 8.76. The van der Waals surface area contributed by atoms with Crippen molar-refractivity contribution in [3.8, 4) is 0 Å². The van der Waals surface area contributed by atoms with Crippen LogP contribution in [0.3, 0.4) is 0 Å². The lowest BCUT2D eigenvalue weighted by atomic mass is 10.0. The van der Waals surface area contributed by atoms with Crippen LogP contribution in [0.4, 0.5) is 9.93 Å². The number of rotatable bonds is 17. The summed E-state index contributed by atoms with van der Waals surface area (Å²) in [7, 11) is 0. The Balaban J connectivity index is 1.36. The highest BCUT2D eigenvalue weighted by atomic mass is 32.1. The molecular weight excluding hydrogens is 420 g/mol. The van der Waals surface area contributed by atoms with Crippen molar-refractivity contribution in [1.29, 1.82) is 0 Å². The fourth-order valence-corrected chi connectivity index (χ4v) is 4.77. The van der Waals surface area contributed by atoms with Crippen LogP contribution in [0.25, 0.3) is 0 Å². The molecule has 1 aliphatic heterocycles. The SMILES string of the molecule is CCCCCCCCCCCCCCCCN1CCN(C(=O)NNc2nc(C)ns2)CC1. The van der Waals surface area contributed by atoms with Crippen molar-refractivity contribution in [3.05, 3.63) is 5.82 Å². The van der Waals surface area contributed by atoms with E-state index in [1.165, 1.54) is 101 Å². The molecular formula is C24H46N6OS. The van der Waals surface area contributed by atoms with Gasteiger partial charge in [0.05, 0.1) is 0 Å². The molecule has 2 N–H and O–H groups in total. The van der Waals surface area contributed by atoms with Crippen LogP contribution in [0.1, 0.15) is 103 Å². The molecule has 0 aliphatic carbocycles. The van der Waals surface area contributed by atoms with Crippen LogP contribution >= 0.6 is 11.5 Å². The van der Waals surface area contributed by atoms with Gasteiger partial charge in [-0.05, 0) is 19.9 Å². The fraction of sp³-hybridized carbons (Fsp3) is 0.875. The predicted molar refractivity (Wildman–Crippen MR) is 135 cm³/mol. The zero-order chi connectivity index (χ0) is 22.9. The summed E-state index contributed by atoms with van der Waals surface area (Å²) >= 11 is 1.25. The summed E-state index contributed by atoms with van der Waals surface area (Å²) in [5.41, 5.74) is 5.57. The number of anilines is 1. The molecule has 0 radical (unpaired) electrons. The molecule has 1 aliphatic rings. The van der Waals surface area contributed by atoms with Crippen LogP contribution < -0.4 is 10.9 Å². The fourth-order valence-electron chi connectivity index (χ4n) is 4.24. The lowest BCUT2D eigenvalue weighted by Crippen LogP contribution is -2.52. The summed E-state index contributed by atoms with van der Waals surface area (Å²) in [4.78, 5) is 20.8. The number of aryl methyl sites for hydroxylation is 1. The van der Waals surface area contributed by atoms with Crippen LogP contribution in [0.2, 0.25) is 0 Å². The van der Waals surface area contributed by atoms with Gasteiger partial charge in [0.2, 0.25) is 5.13 Å². The molecule has 0 bridgehead atoms. The first-order valence-corrected chi connectivity index (χ1v) is 13.8. The van der Waals surface area contributed by atoms with Crippen molar-refractivity contribution >= 4 is 22.7 Å². The third kappa shape index (κ3) is 12.0. The zero-order valence-corrected chi connectivity index (χ0v) is 21.4. The number of nitrogens with zero attached hydrogens (tertiary/aromatic N) is 4. The summed E-state index contributed by atoms with van der Waals surface area (Å²) in [6.07, 6.45) is 19.6. The van der Waals surface area contributed by atoms with Crippen molar-refractivity contribution in [3.63, 3.8) is 0 Å². The Bertz CT molecular complexity index is 603. The van der Waals surface area contributed by atoms with E-state index in [1.54, 1.807) is 0 Å². The zero-order valence-electron chi connectivity index (χ0n) is 20.5. The number of piperazine rings is 1. The van der Waals surface area contributed by atoms with E-state index in [-0.39, 0.29) is 6.03 Å². The quantitative estimate of drug-likeness (QED) is 0.218. The minimum Gasteiger partial charge on any atom is -0.321 e. The monoisotopic (exact) mass is 466 g/mol. The van der Waals surface area contributed by atoms with Gasteiger partial charge in [0.1, 0.15) is 5.82 Å². The van der Waals surface area contributed by atoms with E-state index in [1.807, 2.05) is 11.8 Å². The summed E-state index contributed by atoms with van der Waals surface area (Å²) in [5.74, 6) is 0.712. The second-order valence-electron chi connectivity index (χ2n) is 9.13. The van der Waals surface area contributed by atoms with E-state index >= 15 is 0 Å². The third-order valence-corrected chi connectivity index (χ3v) is 7.01. The van der Waals surface area contributed by atoms with Gasteiger partial charge in [0.25, 0.3) is 0 Å². The normalized spacial score (nSPS) is 14.6. The molecule has 0 unspecified atom stereocenters. The molecule has 8 heteroatoms. The lowest BCUT2D eigenvalue weighted by molar-refractivity contribution is 0.139. The average Bonchev–Trinajstić information content (AvgIpc) is 3.23. The third-order valence-electron chi connectivity index (χ3n) is 6.29. The van der Waals surface area contributed by atoms with E-state index in [9.17, 15) is 4.79 Å². The number of hydrogen-bond acceptors (Lipinski definition) is 6. The van der Waals surface area contributed by atoms with Crippen molar-refractivity contribution < 1.29 is 4.79 Å². The van der Waals surface area contributed by atoms with Gasteiger partial charge in [-0.2, -0.15) is 4.37 Å². The number of carbonyl (C=O) groups excluding carboxylic acids is 1. The number of carbonyl (C=O) groups is 1.